The topological polar surface area (TPSA) is 81.0 Å². The number of hydrogen-bond acceptors (Lipinski definition) is 6. The minimum absolute atomic E-state index is 0.152. The highest BCUT2D eigenvalue weighted by atomic mass is 32.2. The van der Waals surface area contributed by atoms with E-state index in [0.29, 0.717) is 11.5 Å². The summed E-state index contributed by atoms with van der Waals surface area (Å²) in [5.74, 6) is 1.30. The van der Waals surface area contributed by atoms with Crippen molar-refractivity contribution in [3.63, 3.8) is 0 Å². The van der Waals surface area contributed by atoms with Crippen LogP contribution in [-0.4, -0.2) is 40.1 Å². The first-order valence-corrected chi connectivity index (χ1v) is 11.4. The number of nitrogens with one attached hydrogen (secondary N) is 1. The molecule has 0 aliphatic rings. The van der Waals surface area contributed by atoms with Gasteiger partial charge in [0.15, 0.2) is 0 Å². The predicted octanol–water partition coefficient (Wildman–Crippen LogP) is 3.67. The molecule has 0 fully saturated rings. The zero-order valence-corrected chi connectivity index (χ0v) is 18.8. The molecule has 3 rings (SSSR count). The predicted molar refractivity (Wildman–Crippen MR) is 119 cm³/mol. The molecule has 1 N–H and O–H groups in total. The van der Waals surface area contributed by atoms with Crippen LogP contribution in [0.2, 0.25) is 0 Å². The highest BCUT2D eigenvalue weighted by molar-refractivity contribution is 7.89. The average Bonchev–Trinajstić information content (AvgIpc) is 3.25. The van der Waals surface area contributed by atoms with Gasteiger partial charge in [0.1, 0.15) is 17.6 Å². The van der Waals surface area contributed by atoms with Gasteiger partial charge in [-0.05, 0) is 62.0 Å². The van der Waals surface area contributed by atoms with Gasteiger partial charge in [0, 0.05) is 25.2 Å². The van der Waals surface area contributed by atoms with E-state index in [0.717, 1.165) is 24.2 Å². The standard InChI is InChI=1S/C23H28N2O5S/c1-18(14-24-31(26,27)23-9-7-21(28-3)8-10-23)30-22-6-4-5-19(13-22)15-25(2)16-20-11-12-29-17-20/h4-13,17-18,24H,14-16H2,1-3H3. The number of hydrogen-bond donors (Lipinski definition) is 1. The molecule has 2 aromatic carbocycles. The SMILES string of the molecule is COc1ccc(S(=O)(=O)NCC(C)Oc2cccc(CN(C)Cc3ccoc3)c2)cc1. The Hall–Kier alpha value is -2.81. The van der Waals surface area contributed by atoms with Gasteiger partial charge < -0.3 is 13.9 Å². The average molecular weight is 445 g/mol. The Balaban J connectivity index is 1.52. The Labute approximate surface area is 183 Å². The van der Waals surface area contributed by atoms with Gasteiger partial charge in [0.25, 0.3) is 0 Å². The van der Waals surface area contributed by atoms with Crippen molar-refractivity contribution in [3.8, 4) is 11.5 Å². The number of benzene rings is 2. The maximum Gasteiger partial charge on any atom is 0.240 e. The van der Waals surface area contributed by atoms with E-state index in [1.807, 2.05) is 44.3 Å². The van der Waals surface area contributed by atoms with E-state index in [9.17, 15) is 8.42 Å². The minimum Gasteiger partial charge on any atom is -0.497 e. The molecule has 1 atom stereocenters. The molecular weight excluding hydrogens is 416 g/mol. The van der Waals surface area contributed by atoms with Crippen molar-refractivity contribution < 1.29 is 22.3 Å². The van der Waals surface area contributed by atoms with Crippen LogP contribution in [0.4, 0.5) is 0 Å². The molecule has 0 saturated carbocycles. The summed E-state index contributed by atoms with van der Waals surface area (Å²) in [7, 11) is -0.0477. The monoisotopic (exact) mass is 444 g/mol. The lowest BCUT2D eigenvalue weighted by atomic mass is 10.2. The van der Waals surface area contributed by atoms with Gasteiger partial charge in [0.05, 0.1) is 24.5 Å². The zero-order valence-electron chi connectivity index (χ0n) is 17.9. The van der Waals surface area contributed by atoms with E-state index < -0.39 is 10.0 Å². The van der Waals surface area contributed by atoms with E-state index in [4.69, 9.17) is 13.9 Å². The van der Waals surface area contributed by atoms with E-state index in [1.165, 1.54) is 19.2 Å². The third-order valence-electron chi connectivity index (χ3n) is 4.65. The third kappa shape index (κ3) is 6.85. The number of furan rings is 1. The number of ether oxygens (including phenoxy) is 2. The quantitative estimate of drug-likeness (QED) is 0.486. The summed E-state index contributed by atoms with van der Waals surface area (Å²) in [6, 6.07) is 16.0. The summed E-state index contributed by atoms with van der Waals surface area (Å²) in [5.41, 5.74) is 2.22. The third-order valence-corrected chi connectivity index (χ3v) is 6.09. The Morgan fingerprint density at radius 2 is 1.77 bits per heavy atom. The first kappa shape index (κ1) is 22.9. The second-order valence-electron chi connectivity index (χ2n) is 7.41. The van der Waals surface area contributed by atoms with Crippen LogP contribution in [0.25, 0.3) is 0 Å². The molecular formula is C23H28N2O5S. The molecule has 0 amide bonds. The Morgan fingerprint density at radius 1 is 1.03 bits per heavy atom. The summed E-state index contributed by atoms with van der Waals surface area (Å²) in [6.45, 7) is 3.51. The van der Waals surface area contributed by atoms with Crippen LogP contribution in [0, 0.1) is 0 Å². The molecule has 0 bridgehead atoms. The summed E-state index contributed by atoms with van der Waals surface area (Å²) in [5, 5.41) is 0. The second kappa shape index (κ2) is 10.5. The normalized spacial score (nSPS) is 12.6. The lowest BCUT2D eigenvalue weighted by molar-refractivity contribution is 0.224. The molecule has 166 valence electrons. The van der Waals surface area contributed by atoms with Crippen LogP contribution >= 0.6 is 0 Å². The van der Waals surface area contributed by atoms with E-state index in [1.54, 1.807) is 24.7 Å². The molecule has 0 aliphatic carbocycles. The largest absolute Gasteiger partial charge is 0.497 e. The Kier molecular flexibility index (Phi) is 7.73. The number of sulfonamides is 1. The van der Waals surface area contributed by atoms with Crippen LogP contribution in [0.3, 0.4) is 0 Å². The maximum absolute atomic E-state index is 12.5. The van der Waals surface area contributed by atoms with Gasteiger partial charge in [-0.3, -0.25) is 4.90 Å². The minimum atomic E-state index is -3.62. The molecule has 7 nitrogen and oxygen atoms in total. The number of methoxy groups -OCH3 is 1. The highest BCUT2D eigenvalue weighted by Gasteiger charge is 2.16. The molecule has 0 radical (unpaired) electrons. The van der Waals surface area contributed by atoms with Gasteiger partial charge in [-0.25, -0.2) is 13.1 Å². The van der Waals surface area contributed by atoms with Crippen LogP contribution < -0.4 is 14.2 Å². The zero-order chi connectivity index (χ0) is 22.3. The van der Waals surface area contributed by atoms with Crippen LogP contribution in [0.15, 0.2) is 76.4 Å². The lowest BCUT2D eigenvalue weighted by Gasteiger charge is -2.18. The van der Waals surface area contributed by atoms with Crippen molar-refractivity contribution in [3.05, 3.63) is 78.3 Å². The number of rotatable bonds is 11. The van der Waals surface area contributed by atoms with Crippen molar-refractivity contribution in [1.29, 1.82) is 0 Å². The Bertz CT molecular complexity index is 1050. The van der Waals surface area contributed by atoms with Crippen molar-refractivity contribution in [1.82, 2.24) is 9.62 Å². The van der Waals surface area contributed by atoms with E-state index in [2.05, 4.69) is 9.62 Å². The molecule has 0 aliphatic heterocycles. The number of nitrogens with zero attached hydrogens (tertiary/aromatic N) is 1. The fraction of sp³-hybridized carbons (Fsp3) is 0.304. The van der Waals surface area contributed by atoms with Gasteiger partial charge in [0.2, 0.25) is 10.0 Å². The van der Waals surface area contributed by atoms with Crippen LogP contribution in [-0.2, 0) is 23.1 Å². The molecule has 3 aromatic rings. The first-order valence-electron chi connectivity index (χ1n) is 9.94. The summed E-state index contributed by atoms with van der Waals surface area (Å²) < 4.78 is 43.6. The smallest absolute Gasteiger partial charge is 0.240 e. The molecule has 1 unspecified atom stereocenters. The van der Waals surface area contributed by atoms with E-state index >= 15 is 0 Å². The lowest BCUT2D eigenvalue weighted by Crippen LogP contribution is -2.33. The van der Waals surface area contributed by atoms with Crippen molar-refractivity contribution >= 4 is 10.0 Å². The molecule has 8 heteroatoms. The molecule has 1 heterocycles. The summed E-state index contributed by atoms with van der Waals surface area (Å²) in [6.07, 6.45) is 3.07. The van der Waals surface area contributed by atoms with E-state index in [-0.39, 0.29) is 17.5 Å². The highest BCUT2D eigenvalue weighted by Crippen LogP contribution is 2.18. The van der Waals surface area contributed by atoms with Crippen LogP contribution in [0.1, 0.15) is 18.1 Å². The molecule has 31 heavy (non-hydrogen) atoms. The van der Waals surface area contributed by atoms with Gasteiger partial charge in [-0.1, -0.05) is 12.1 Å². The summed E-state index contributed by atoms with van der Waals surface area (Å²) in [4.78, 5) is 2.36. The molecule has 0 spiro atoms. The van der Waals surface area contributed by atoms with Crippen molar-refractivity contribution in [2.24, 2.45) is 0 Å². The second-order valence-corrected chi connectivity index (χ2v) is 9.17. The maximum atomic E-state index is 12.5. The van der Waals surface area contributed by atoms with Crippen LogP contribution in [0.5, 0.6) is 11.5 Å². The molecule has 0 saturated heterocycles. The summed E-state index contributed by atoms with van der Waals surface area (Å²) >= 11 is 0. The van der Waals surface area contributed by atoms with Crippen molar-refractivity contribution in [2.45, 2.75) is 31.0 Å². The fourth-order valence-corrected chi connectivity index (χ4v) is 4.23. The molecule has 1 aromatic heterocycles. The van der Waals surface area contributed by atoms with Gasteiger partial charge in [-0.2, -0.15) is 0 Å². The Morgan fingerprint density at radius 3 is 2.45 bits per heavy atom. The van der Waals surface area contributed by atoms with Gasteiger partial charge >= 0.3 is 0 Å². The van der Waals surface area contributed by atoms with Crippen molar-refractivity contribution in [2.75, 3.05) is 20.7 Å². The fourth-order valence-electron chi connectivity index (χ4n) is 3.12. The van der Waals surface area contributed by atoms with Gasteiger partial charge in [-0.15, -0.1) is 0 Å². The first-order chi connectivity index (χ1) is 14.9.